The zero-order chi connectivity index (χ0) is 21.8. The minimum absolute atomic E-state index is 0.0153. The summed E-state index contributed by atoms with van der Waals surface area (Å²) in [6, 6.07) is 0.359. The molecule has 174 valence electrons. The summed E-state index contributed by atoms with van der Waals surface area (Å²) in [5.74, 6) is 0.953. The standard InChI is InChI=1S/C23H37N3O4S/c27-21(25-23-24-20(13-31-23)14-9-11-15(26-30)12-10-14)18-7-3-1-5-16(18)17-6-2-4-8-19(17)22(28)29/h14-20,23-24H,1-13H2,(H,25,27)(H,28,29). The molecular formula is C23H37N3O4S. The molecule has 6 unspecified atom stereocenters. The SMILES string of the molecule is O=NC1CCC(C2CSC(NC(=O)C3CCCCC3C3CCCCC3C(=O)O)N2)CC1. The molecule has 1 heterocycles. The van der Waals surface area contributed by atoms with Crippen LogP contribution in [0.4, 0.5) is 0 Å². The van der Waals surface area contributed by atoms with E-state index in [9.17, 15) is 19.6 Å². The van der Waals surface area contributed by atoms with Gasteiger partial charge in [-0.2, -0.15) is 4.91 Å². The Balaban J connectivity index is 1.33. The van der Waals surface area contributed by atoms with Gasteiger partial charge < -0.3 is 10.4 Å². The maximum absolute atomic E-state index is 13.3. The summed E-state index contributed by atoms with van der Waals surface area (Å²) in [6.45, 7) is 0. The van der Waals surface area contributed by atoms with Crippen molar-refractivity contribution in [2.24, 2.45) is 34.8 Å². The highest BCUT2D eigenvalue weighted by Crippen LogP contribution is 2.44. The maximum Gasteiger partial charge on any atom is 0.306 e. The zero-order valence-electron chi connectivity index (χ0n) is 18.3. The van der Waals surface area contributed by atoms with Crippen LogP contribution in [0.5, 0.6) is 0 Å². The number of carbonyl (C=O) groups excluding carboxylic acids is 1. The molecule has 31 heavy (non-hydrogen) atoms. The van der Waals surface area contributed by atoms with Gasteiger partial charge in [-0.15, -0.1) is 11.8 Å². The van der Waals surface area contributed by atoms with E-state index in [0.717, 1.165) is 82.8 Å². The fourth-order valence-electron chi connectivity index (χ4n) is 6.67. The number of carboxylic acids is 1. The molecule has 1 amide bonds. The maximum atomic E-state index is 13.3. The van der Waals surface area contributed by atoms with Gasteiger partial charge in [0.05, 0.1) is 12.0 Å². The van der Waals surface area contributed by atoms with Crippen LogP contribution in [0.2, 0.25) is 0 Å². The molecule has 6 atom stereocenters. The lowest BCUT2D eigenvalue weighted by Gasteiger charge is -2.41. The monoisotopic (exact) mass is 451 g/mol. The number of carboxylic acid groups (broad SMARTS) is 1. The first-order valence-corrected chi connectivity index (χ1v) is 13.3. The van der Waals surface area contributed by atoms with Crippen molar-refractivity contribution in [2.75, 3.05) is 5.75 Å². The third-order valence-corrected chi connectivity index (χ3v) is 9.52. The van der Waals surface area contributed by atoms with Crippen LogP contribution in [0, 0.1) is 34.5 Å². The van der Waals surface area contributed by atoms with Crippen LogP contribution in [0.3, 0.4) is 0 Å². The first-order chi connectivity index (χ1) is 15.1. The summed E-state index contributed by atoms with van der Waals surface area (Å²) in [5.41, 5.74) is -0.0661. The number of hydrogen-bond acceptors (Lipinski definition) is 6. The molecule has 0 radical (unpaired) electrons. The molecule has 1 aliphatic heterocycles. The van der Waals surface area contributed by atoms with Gasteiger partial charge in [0.2, 0.25) is 5.91 Å². The van der Waals surface area contributed by atoms with E-state index in [1.165, 1.54) is 0 Å². The Morgan fingerprint density at radius 3 is 2.13 bits per heavy atom. The van der Waals surface area contributed by atoms with E-state index < -0.39 is 5.97 Å². The number of rotatable bonds is 6. The highest BCUT2D eigenvalue weighted by Gasteiger charge is 2.43. The largest absolute Gasteiger partial charge is 0.481 e. The van der Waals surface area contributed by atoms with E-state index in [4.69, 9.17) is 0 Å². The molecule has 3 N–H and O–H groups in total. The molecule has 4 rings (SSSR count). The minimum atomic E-state index is -0.676. The van der Waals surface area contributed by atoms with Crippen molar-refractivity contribution < 1.29 is 14.7 Å². The van der Waals surface area contributed by atoms with E-state index in [0.29, 0.717) is 12.0 Å². The Morgan fingerprint density at radius 2 is 1.48 bits per heavy atom. The van der Waals surface area contributed by atoms with E-state index >= 15 is 0 Å². The second kappa shape index (κ2) is 10.6. The number of nitrogens with one attached hydrogen (secondary N) is 2. The first kappa shape index (κ1) is 23.0. The molecule has 4 aliphatic rings. The van der Waals surface area contributed by atoms with Crippen molar-refractivity contribution in [3.63, 3.8) is 0 Å². The Morgan fingerprint density at radius 1 is 0.871 bits per heavy atom. The van der Waals surface area contributed by atoms with Crippen molar-refractivity contribution in [1.82, 2.24) is 10.6 Å². The van der Waals surface area contributed by atoms with Crippen LogP contribution in [0.1, 0.15) is 77.0 Å². The van der Waals surface area contributed by atoms with Gasteiger partial charge in [0, 0.05) is 17.7 Å². The quantitative estimate of drug-likeness (QED) is 0.525. The number of nitroso groups, excluding NO2 is 1. The summed E-state index contributed by atoms with van der Waals surface area (Å²) in [4.78, 5) is 35.9. The third kappa shape index (κ3) is 5.44. The van der Waals surface area contributed by atoms with Crippen LogP contribution in [-0.2, 0) is 9.59 Å². The molecule has 3 aliphatic carbocycles. The van der Waals surface area contributed by atoms with Crippen molar-refractivity contribution in [3.8, 4) is 0 Å². The van der Waals surface area contributed by atoms with Gasteiger partial charge >= 0.3 is 5.97 Å². The van der Waals surface area contributed by atoms with Crippen LogP contribution in [-0.4, -0.2) is 40.3 Å². The Labute approximate surface area is 189 Å². The summed E-state index contributed by atoms with van der Waals surface area (Å²) in [7, 11) is 0. The predicted octanol–water partition coefficient (Wildman–Crippen LogP) is 4.11. The third-order valence-electron chi connectivity index (χ3n) is 8.38. The summed E-state index contributed by atoms with van der Waals surface area (Å²) in [5, 5.41) is 19.8. The molecule has 0 aromatic heterocycles. The van der Waals surface area contributed by atoms with Gasteiger partial charge in [-0.25, -0.2) is 0 Å². The van der Waals surface area contributed by atoms with Crippen molar-refractivity contribution in [3.05, 3.63) is 4.91 Å². The molecule has 0 aromatic carbocycles. The summed E-state index contributed by atoms with van der Waals surface area (Å²) in [6.07, 6.45) is 11.6. The van der Waals surface area contributed by atoms with E-state index in [1.54, 1.807) is 11.8 Å². The Bertz CT molecular complexity index is 655. The summed E-state index contributed by atoms with van der Waals surface area (Å²) >= 11 is 1.76. The average Bonchev–Trinajstić information content (AvgIpc) is 3.27. The van der Waals surface area contributed by atoms with Crippen molar-refractivity contribution in [2.45, 2.75) is 94.6 Å². The molecule has 1 saturated heterocycles. The lowest BCUT2D eigenvalue weighted by Crippen LogP contribution is -2.50. The number of carbonyl (C=O) groups is 2. The van der Waals surface area contributed by atoms with Gasteiger partial charge in [0.1, 0.15) is 5.50 Å². The van der Waals surface area contributed by atoms with Crippen LogP contribution < -0.4 is 10.6 Å². The van der Waals surface area contributed by atoms with E-state index in [1.807, 2.05) is 0 Å². The number of nitrogens with zero attached hydrogens (tertiary/aromatic N) is 1. The molecule has 7 nitrogen and oxygen atoms in total. The van der Waals surface area contributed by atoms with E-state index in [2.05, 4.69) is 15.8 Å². The van der Waals surface area contributed by atoms with E-state index in [-0.39, 0.29) is 41.1 Å². The van der Waals surface area contributed by atoms with Gasteiger partial charge in [0.25, 0.3) is 0 Å². The molecule has 4 fully saturated rings. The highest BCUT2D eigenvalue weighted by molar-refractivity contribution is 8.00. The number of thioether (sulfide) groups is 1. The minimum Gasteiger partial charge on any atom is -0.481 e. The van der Waals surface area contributed by atoms with Gasteiger partial charge in [-0.3, -0.25) is 14.9 Å². The fourth-order valence-corrected chi connectivity index (χ4v) is 7.91. The average molecular weight is 452 g/mol. The zero-order valence-corrected chi connectivity index (χ0v) is 19.2. The highest BCUT2D eigenvalue weighted by atomic mass is 32.2. The topological polar surface area (TPSA) is 108 Å². The van der Waals surface area contributed by atoms with Crippen LogP contribution in [0.15, 0.2) is 5.18 Å². The molecule has 0 aromatic rings. The fraction of sp³-hybridized carbons (Fsp3) is 0.913. The summed E-state index contributed by atoms with van der Waals surface area (Å²) < 4.78 is 0. The van der Waals surface area contributed by atoms with Gasteiger partial charge in [-0.05, 0) is 69.1 Å². The lowest BCUT2D eigenvalue weighted by molar-refractivity contribution is -0.148. The molecule has 8 heteroatoms. The van der Waals surface area contributed by atoms with Crippen LogP contribution in [0.25, 0.3) is 0 Å². The van der Waals surface area contributed by atoms with Gasteiger partial charge in [0.15, 0.2) is 0 Å². The number of amides is 1. The Kier molecular flexibility index (Phi) is 7.91. The molecule has 0 spiro atoms. The molecular weight excluding hydrogens is 414 g/mol. The van der Waals surface area contributed by atoms with Gasteiger partial charge in [-0.1, -0.05) is 30.9 Å². The first-order valence-electron chi connectivity index (χ1n) is 12.3. The number of aliphatic carboxylic acids is 1. The normalized spacial score (nSPS) is 41.4. The second-order valence-corrected chi connectivity index (χ2v) is 11.3. The second-order valence-electron chi connectivity index (χ2n) is 10.1. The Hall–Kier alpha value is -1.15. The molecule has 0 bridgehead atoms. The molecule has 3 saturated carbocycles. The smallest absolute Gasteiger partial charge is 0.306 e. The predicted molar refractivity (Wildman–Crippen MR) is 121 cm³/mol. The van der Waals surface area contributed by atoms with Crippen LogP contribution >= 0.6 is 11.8 Å². The number of hydrogen-bond donors (Lipinski definition) is 3. The van der Waals surface area contributed by atoms with Crippen molar-refractivity contribution >= 4 is 23.6 Å². The van der Waals surface area contributed by atoms with Crippen molar-refractivity contribution in [1.29, 1.82) is 0 Å². The lowest BCUT2D eigenvalue weighted by atomic mass is 9.64.